The first-order valence-electron chi connectivity index (χ1n) is 7.41. The Labute approximate surface area is 114 Å². The first-order valence-corrected chi connectivity index (χ1v) is 7.41. The molecule has 2 heterocycles. The molecular formula is C16H21N3. The van der Waals surface area contributed by atoms with E-state index in [-0.39, 0.29) is 5.54 Å². The molecular weight excluding hydrogens is 234 g/mol. The molecule has 2 aliphatic rings. The molecule has 0 spiro atoms. The molecule has 1 aromatic carbocycles. The van der Waals surface area contributed by atoms with Crippen molar-refractivity contribution in [3.05, 3.63) is 29.6 Å². The van der Waals surface area contributed by atoms with Crippen LogP contribution in [0, 0.1) is 6.92 Å². The highest BCUT2D eigenvalue weighted by Crippen LogP contribution is 2.39. The smallest absolute Gasteiger partial charge is 0.106 e. The summed E-state index contributed by atoms with van der Waals surface area (Å²) in [6.07, 6.45) is 5.12. The van der Waals surface area contributed by atoms with E-state index in [1.165, 1.54) is 42.6 Å². The Balaban J connectivity index is 1.84. The molecule has 1 saturated heterocycles. The van der Waals surface area contributed by atoms with Gasteiger partial charge >= 0.3 is 0 Å². The van der Waals surface area contributed by atoms with Gasteiger partial charge in [-0.2, -0.15) is 0 Å². The van der Waals surface area contributed by atoms with Crippen LogP contribution in [-0.2, 0) is 5.54 Å². The number of nitrogens with one attached hydrogen (secondary N) is 1. The van der Waals surface area contributed by atoms with Gasteiger partial charge in [0.15, 0.2) is 0 Å². The zero-order valence-electron chi connectivity index (χ0n) is 11.7. The van der Waals surface area contributed by atoms with Gasteiger partial charge in [0.1, 0.15) is 5.82 Å². The lowest BCUT2D eigenvalue weighted by atomic mass is 9.90. The van der Waals surface area contributed by atoms with Crippen molar-refractivity contribution in [2.24, 2.45) is 0 Å². The lowest BCUT2D eigenvalue weighted by Gasteiger charge is -2.25. The van der Waals surface area contributed by atoms with Crippen LogP contribution in [0.3, 0.4) is 0 Å². The minimum absolute atomic E-state index is 0.144. The predicted molar refractivity (Wildman–Crippen MR) is 77.3 cm³/mol. The molecule has 0 amide bonds. The summed E-state index contributed by atoms with van der Waals surface area (Å²) in [5.74, 6) is 1.17. The van der Waals surface area contributed by atoms with E-state index in [1.54, 1.807) is 0 Å². The highest BCUT2D eigenvalue weighted by molar-refractivity contribution is 5.77. The average Bonchev–Trinajstić information content (AvgIpc) is 3.03. The lowest BCUT2D eigenvalue weighted by molar-refractivity contribution is 0.435. The zero-order chi connectivity index (χ0) is 13.0. The number of fused-ring (bicyclic) bond motifs is 1. The molecule has 1 saturated carbocycles. The molecule has 4 rings (SSSR count). The number of aryl methyl sites for hydroxylation is 1. The monoisotopic (exact) mass is 255 g/mol. The van der Waals surface area contributed by atoms with Crippen LogP contribution in [0.4, 0.5) is 0 Å². The average molecular weight is 255 g/mol. The normalized spacial score (nSPS) is 27.3. The van der Waals surface area contributed by atoms with Crippen LogP contribution in [0.2, 0.25) is 0 Å². The second-order valence-corrected chi connectivity index (χ2v) is 6.33. The maximum absolute atomic E-state index is 4.77. The third-order valence-corrected chi connectivity index (χ3v) is 4.78. The Morgan fingerprint density at radius 3 is 2.89 bits per heavy atom. The van der Waals surface area contributed by atoms with E-state index in [0.717, 1.165) is 12.1 Å². The highest BCUT2D eigenvalue weighted by Gasteiger charge is 2.31. The molecule has 3 nitrogen and oxygen atoms in total. The third kappa shape index (κ3) is 1.71. The van der Waals surface area contributed by atoms with Gasteiger partial charge in [0.2, 0.25) is 0 Å². The zero-order valence-corrected chi connectivity index (χ0v) is 11.7. The van der Waals surface area contributed by atoms with Crippen LogP contribution in [0.15, 0.2) is 18.2 Å². The molecule has 1 aliphatic heterocycles. The number of hydrogen-bond donors (Lipinski definition) is 1. The number of imidazole rings is 1. The van der Waals surface area contributed by atoms with E-state index in [2.05, 4.69) is 41.9 Å². The summed E-state index contributed by atoms with van der Waals surface area (Å²) in [6.45, 7) is 5.57. The van der Waals surface area contributed by atoms with Crippen molar-refractivity contribution >= 4 is 11.0 Å². The molecule has 1 aromatic heterocycles. The van der Waals surface area contributed by atoms with E-state index >= 15 is 0 Å². The van der Waals surface area contributed by atoms with Gasteiger partial charge in [-0.05, 0) is 63.8 Å². The summed E-state index contributed by atoms with van der Waals surface area (Å²) in [4.78, 5) is 4.77. The molecule has 19 heavy (non-hydrogen) atoms. The summed E-state index contributed by atoms with van der Waals surface area (Å²) < 4.78 is 2.42. The van der Waals surface area contributed by atoms with E-state index in [0.29, 0.717) is 6.04 Å². The van der Waals surface area contributed by atoms with Crippen molar-refractivity contribution in [1.29, 1.82) is 0 Å². The Bertz CT molecular complexity index is 631. The van der Waals surface area contributed by atoms with Crippen LogP contribution in [0.25, 0.3) is 11.0 Å². The molecule has 0 bridgehead atoms. The van der Waals surface area contributed by atoms with Gasteiger partial charge in [0.25, 0.3) is 0 Å². The van der Waals surface area contributed by atoms with Crippen molar-refractivity contribution in [1.82, 2.24) is 14.9 Å². The number of benzene rings is 1. The fraction of sp³-hybridized carbons (Fsp3) is 0.562. The summed E-state index contributed by atoms with van der Waals surface area (Å²) in [6, 6.07) is 7.56. The van der Waals surface area contributed by atoms with Crippen molar-refractivity contribution in [2.45, 2.75) is 51.1 Å². The maximum atomic E-state index is 4.77. The van der Waals surface area contributed by atoms with E-state index < -0.39 is 0 Å². The summed E-state index contributed by atoms with van der Waals surface area (Å²) >= 11 is 0. The van der Waals surface area contributed by atoms with Crippen LogP contribution in [0.5, 0.6) is 0 Å². The van der Waals surface area contributed by atoms with Crippen molar-refractivity contribution in [3.8, 4) is 0 Å². The first-order chi connectivity index (χ1) is 9.17. The van der Waals surface area contributed by atoms with Gasteiger partial charge in [-0.25, -0.2) is 4.98 Å². The number of aromatic nitrogens is 2. The predicted octanol–water partition coefficient (Wildman–Crippen LogP) is 3.28. The largest absolute Gasteiger partial charge is 0.325 e. The third-order valence-electron chi connectivity index (χ3n) is 4.78. The highest BCUT2D eigenvalue weighted by atomic mass is 15.1. The minimum Gasteiger partial charge on any atom is -0.325 e. The SMILES string of the molecule is Cc1nc2cc(C3(C)CCCN3)ccc2n1C1CC1. The minimum atomic E-state index is 0.144. The van der Waals surface area contributed by atoms with Gasteiger partial charge in [0.05, 0.1) is 11.0 Å². The van der Waals surface area contributed by atoms with E-state index in [9.17, 15) is 0 Å². The Morgan fingerprint density at radius 2 is 2.21 bits per heavy atom. The molecule has 2 aromatic rings. The van der Waals surface area contributed by atoms with Crippen LogP contribution in [0.1, 0.15) is 50.0 Å². The van der Waals surface area contributed by atoms with Crippen LogP contribution < -0.4 is 5.32 Å². The second kappa shape index (κ2) is 3.83. The molecule has 1 N–H and O–H groups in total. The Kier molecular flexibility index (Phi) is 2.31. The Morgan fingerprint density at radius 1 is 1.37 bits per heavy atom. The maximum Gasteiger partial charge on any atom is 0.106 e. The van der Waals surface area contributed by atoms with Gasteiger partial charge in [0, 0.05) is 11.6 Å². The topological polar surface area (TPSA) is 29.9 Å². The number of nitrogens with zero attached hydrogens (tertiary/aromatic N) is 2. The van der Waals surface area contributed by atoms with Gasteiger partial charge < -0.3 is 9.88 Å². The molecule has 100 valence electrons. The molecule has 2 fully saturated rings. The summed E-state index contributed by atoms with van der Waals surface area (Å²) in [5.41, 5.74) is 4.01. The van der Waals surface area contributed by atoms with Gasteiger partial charge in [-0.15, -0.1) is 0 Å². The van der Waals surface area contributed by atoms with E-state index in [4.69, 9.17) is 4.98 Å². The Hall–Kier alpha value is -1.35. The van der Waals surface area contributed by atoms with Crippen molar-refractivity contribution in [2.75, 3.05) is 6.54 Å². The van der Waals surface area contributed by atoms with Crippen LogP contribution >= 0.6 is 0 Å². The number of hydrogen-bond acceptors (Lipinski definition) is 2. The second-order valence-electron chi connectivity index (χ2n) is 6.33. The molecule has 1 unspecified atom stereocenters. The van der Waals surface area contributed by atoms with E-state index in [1.807, 2.05) is 0 Å². The van der Waals surface area contributed by atoms with Gasteiger partial charge in [-0.1, -0.05) is 6.07 Å². The van der Waals surface area contributed by atoms with Crippen molar-refractivity contribution in [3.63, 3.8) is 0 Å². The quantitative estimate of drug-likeness (QED) is 0.892. The van der Waals surface area contributed by atoms with Crippen LogP contribution in [-0.4, -0.2) is 16.1 Å². The summed E-state index contributed by atoms with van der Waals surface area (Å²) in [5, 5.41) is 3.64. The number of rotatable bonds is 2. The molecule has 1 aliphatic carbocycles. The fourth-order valence-electron chi connectivity index (χ4n) is 3.50. The van der Waals surface area contributed by atoms with Gasteiger partial charge in [-0.3, -0.25) is 0 Å². The lowest BCUT2D eigenvalue weighted by Crippen LogP contribution is -2.32. The summed E-state index contributed by atoms with van der Waals surface area (Å²) in [7, 11) is 0. The molecule has 0 radical (unpaired) electrons. The molecule has 1 atom stereocenters. The molecule has 3 heteroatoms. The standard InChI is InChI=1S/C16H21N3/c1-11-18-14-10-12(16(2)8-3-9-17-16)4-7-15(14)19(11)13-5-6-13/h4,7,10,13,17H,3,5-6,8-9H2,1-2H3. The van der Waals surface area contributed by atoms with Crippen molar-refractivity contribution < 1.29 is 0 Å². The fourth-order valence-corrected chi connectivity index (χ4v) is 3.50. The first kappa shape index (κ1) is 11.5.